The average Bonchev–Trinajstić information content (AvgIpc) is 3.25. The molecule has 0 spiro atoms. The predicted octanol–water partition coefficient (Wildman–Crippen LogP) is 1.62. The number of fused-ring (bicyclic) bond motifs is 1. The van der Waals surface area contributed by atoms with Gasteiger partial charge >= 0.3 is 0 Å². The molecule has 1 atom stereocenters. The summed E-state index contributed by atoms with van der Waals surface area (Å²) < 4.78 is 1.69. The summed E-state index contributed by atoms with van der Waals surface area (Å²) in [5.41, 5.74) is 1.87. The molecule has 3 aromatic rings. The molecule has 10 heteroatoms. The number of hydrogen-bond donors (Lipinski definition) is 5. The summed E-state index contributed by atoms with van der Waals surface area (Å²) in [4.78, 5) is 16.7. The number of carbonyl (C=O) groups excluding carboxylic acids is 1. The Balaban J connectivity index is 1.46. The lowest BCUT2D eigenvalue weighted by Crippen LogP contribution is -2.43. The molecule has 1 aliphatic carbocycles. The number of aromatic nitrogens is 5. The number of nitrogens with one attached hydrogen (secondary N) is 4. The summed E-state index contributed by atoms with van der Waals surface area (Å²) in [5.74, 6) is 2.16. The van der Waals surface area contributed by atoms with E-state index in [1.165, 1.54) is 12.8 Å². The first-order valence-electron chi connectivity index (χ1n) is 9.85. The normalized spacial score (nSPS) is 14.9. The molecule has 5 N–H and O–H groups in total. The first kappa shape index (κ1) is 19.2. The highest BCUT2D eigenvalue weighted by Gasteiger charge is 2.26. The average molecular weight is 398 g/mol. The van der Waals surface area contributed by atoms with Crippen LogP contribution in [0, 0.1) is 5.92 Å². The van der Waals surface area contributed by atoms with Gasteiger partial charge in [-0.3, -0.25) is 9.89 Å². The van der Waals surface area contributed by atoms with Gasteiger partial charge in [-0.25, -0.2) is 4.52 Å². The molecule has 1 saturated carbocycles. The highest BCUT2D eigenvalue weighted by atomic mass is 16.3. The van der Waals surface area contributed by atoms with Crippen LogP contribution in [0.4, 0.5) is 17.6 Å². The second-order valence-corrected chi connectivity index (χ2v) is 7.68. The standard InChI is InChI=1S/C19H26N8O2/c1-11(2)14(10-28)21-17(29)9-20-19-23-18(15-4-3-7-27(15)26-19)22-16-8-13(24-25-16)12-5-6-12/h3-4,7-8,11-12,14,28H,5-6,9-10H2,1-2H3,(H,21,29)(H3,20,22,23,24,25,26)/t14-/m0/s1. The van der Waals surface area contributed by atoms with Gasteiger partial charge in [0.1, 0.15) is 11.3 Å². The predicted molar refractivity (Wildman–Crippen MR) is 109 cm³/mol. The van der Waals surface area contributed by atoms with Crippen molar-refractivity contribution in [1.29, 1.82) is 0 Å². The Morgan fingerprint density at radius 2 is 2.24 bits per heavy atom. The third-order valence-corrected chi connectivity index (χ3v) is 4.99. The van der Waals surface area contributed by atoms with Crippen LogP contribution in [-0.4, -0.2) is 55.0 Å². The van der Waals surface area contributed by atoms with E-state index in [1.54, 1.807) is 4.52 Å². The molecule has 10 nitrogen and oxygen atoms in total. The Morgan fingerprint density at radius 3 is 2.97 bits per heavy atom. The summed E-state index contributed by atoms with van der Waals surface area (Å²) in [6.07, 6.45) is 4.19. The molecular weight excluding hydrogens is 372 g/mol. The van der Waals surface area contributed by atoms with Crippen LogP contribution in [0.1, 0.15) is 38.3 Å². The molecule has 154 valence electrons. The number of carbonyl (C=O) groups is 1. The fourth-order valence-electron chi connectivity index (χ4n) is 3.06. The summed E-state index contributed by atoms with van der Waals surface area (Å²) in [7, 11) is 0. The molecule has 0 unspecified atom stereocenters. The van der Waals surface area contributed by atoms with Crippen LogP contribution in [0.15, 0.2) is 24.4 Å². The summed E-state index contributed by atoms with van der Waals surface area (Å²) in [6.45, 7) is 3.79. The number of nitrogens with zero attached hydrogens (tertiary/aromatic N) is 4. The minimum atomic E-state index is -0.282. The van der Waals surface area contributed by atoms with Crippen molar-refractivity contribution in [3.8, 4) is 0 Å². The van der Waals surface area contributed by atoms with E-state index in [2.05, 4.69) is 36.2 Å². The molecule has 3 heterocycles. The molecule has 0 saturated heterocycles. The van der Waals surface area contributed by atoms with Crippen molar-refractivity contribution in [2.45, 2.75) is 38.6 Å². The maximum absolute atomic E-state index is 12.2. The number of aromatic amines is 1. The fourth-order valence-corrected chi connectivity index (χ4v) is 3.06. The third kappa shape index (κ3) is 4.48. The number of aliphatic hydroxyl groups excluding tert-OH is 1. The molecular formula is C19H26N8O2. The minimum absolute atomic E-state index is 0.00528. The van der Waals surface area contributed by atoms with E-state index in [1.807, 2.05) is 38.2 Å². The lowest BCUT2D eigenvalue weighted by Gasteiger charge is -2.20. The largest absolute Gasteiger partial charge is 0.394 e. The molecule has 3 aromatic heterocycles. The fraction of sp³-hybridized carbons (Fsp3) is 0.474. The van der Waals surface area contributed by atoms with Gasteiger partial charge in [-0.05, 0) is 30.9 Å². The minimum Gasteiger partial charge on any atom is -0.394 e. The van der Waals surface area contributed by atoms with Crippen LogP contribution < -0.4 is 16.0 Å². The SMILES string of the molecule is CC(C)[C@H](CO)NC(=O)CNc1nc(Nc2cc(C3CC3)n[nH]2)c2cccn2n1. The maximum atomic E-state index is 12.2. The highest BCUT2D eigenvalue weighted by Crippen LogP contribution is 2.39. The highest BCUT2D eigenvalue weighted by molar-refractivity contribution is 5.81. The number of anilines is 3. The lowest BCUT2D eigenvalue weighted by molar-refractivity contribution is -0.120. The van der Waals surface area contributed by atoms with Gasteiger partial charge in [0.2, 0.25) is 11.9 Å². The van der Waals surface area contributed by atoms with E-state index >= 15 is 0 Å². The van der Waals surface area contributed by atoms with Gasteiger partial charge in [-0.2, -0.15) is 10.1 Å². The van der Waals surface area contributed by atoms with Crippen molar-refractivity contribution in [3.63, 3.8) is 0 Å². The zero-order chi connectivity index (χ0) is 20.4. The number of aliphatic hydroxyl groups is 1. The topological polar surface area (TPSA) is 132 Å². The Hall–Kier alpha value is -3.14. The molecule has 0 bridgehead atoms. The molecule has 29 heavy (non-hydrogen) atoms. The van der Waals surface area contributed by atoms with Crippen molar-refractivity contribution in [1.82, 2.24) is 30.1 Å². The second-order valence-electron chi connectivity index (χ2n) is 7.68. The molecule has 0 aliphatic heterocycles. The molecule has 0 radical (unpaired) electrons. The number of hydrogen-bond acceptors (Lipinski definition) is 7. The van der Waals surface area contributed by atoms with Crippen LogP contribution in [0.3, 0.4) is 0 Å². The van der Waals surface area contributed by atoms with Crippen molar-refractivity contribution >= 4 is 29.0 Å². The first-order chi connectivity index (χ1) is 14.0. The molecule has 1 amide bonds. The van der Waals surface area contributed by atoms with Crippen LogP contribution in [0.25, 0.3) is 5.52 Å². The molecule has 1 fully saturated rings. The lowest BCUT2D eigenvalue weighted by atomic mass is 10.1. The Bertz CT molecular complexity index is 991. The van der Waals surface area contributed by atoms with Gasteiger partial charge in [-0.15, -0.1) is 5.10 Å². The van der Waals surface area contributed by atoms with E-state index in [0.29, 0.717) is 17.7 Å². The van der Waals surface area contributed by atoms with Crippen LogP contribution >= 0.6 is 0 Å². The van der Waals surface area contributed by atoms with E-state index in [9.17, 15) is 9.90 Å². The number of amides is 1. The molecule has 0 aromatic carbocycles. The van der Waals surface area contributed by atoms with Gasteiger partial charge in [0.05, 0.1) is 24.9 Å². The summed E-state index contributed by atoms with van der Waals surface area (Å²) >= 11 is 0. The van der Waals surface area contributed by atoms with E-state index in [0.717, 1.165) is 17.0 Å². The maximum Gasteiger partial charge on any atom is 0.243 e. The van der Waals surface area contributed by atoms with Crippen molar-refractivity contribution < 1.29 is 9.90 Å². The van der Waals surface area contributed by atoms with E-state index in [-0.39, 0.29) is 31.0 Å². The Kier molecular flexibility index (Phi) is 5.34. The van der Waals surface area contributed by atoms with Crippen molar-refractivity contribution in [2.24, 2.45) is 5.92 Å². The van der Waals surface area contributed by atoms with Crippen LogP contribution in [0.2, 0.25) is 0 Å². The Labute approximate surface area is 168 Å². The monoisotopic (exact) mass is 398 g/mol. The molecule has 4 rings (SSSR count). The van der Waals surface area contributed by atoms with Crippen LogP contribution in [-0.2, 0) is 4.79 Å². The van der Waals surface area contributed by atoms with Crippen LogP contribution in [0.5, 0.6) is 0 Å². The van der Waals surface area contributed by atoms with E-state index in [4.69, 9.17) is 0 Å². The van der Waals surface area contributed by atoms with Crippen molar-refractivity contribution in [3.05, 3.63) is 30.1 Å². The summed E-state index contributed by atoms with van der Waals surface area (Å²) in [5, 5.41) is 30.1. The van der Waals surface area contributed by atoms with Gasteiger partial charge in [-0.1, -0.05) is 13.8 Å². The van der Waals surface area contributed by atoms with Gasteiger partial charge in [0.15, 0.2) is 5.82 Å². The summed E-state index contributed by atoms with van der Waals surface area (Å²) in [6, 6.07) is 5.50. The Morgan fingerprint density at radius 1 is 1.41 bits per heavy atom. The third-order valence-electron chi connectivity index (χ3n) is 4.99. The van der Waals surface area contributed by atoms with Gasteiger partial charge in [0.25, 0.3) is 0 Å². The zero-order valence-corrected chi connectivity index (χ0v) is 16.5. The zero-order valence-electron chi connectivity index (χ0n) is 16.5. The van der Waals surface area contributed by atoms with Gasteiger partial charge in [0, 0.05) is 18.2 Å². The van der Waals surface area contributed by atoms with E-state index < -0.39 is 0 Å². The number of H-pyrrole nitrogens is 1. The molecule has 1 aliphatic rings. The smallest absolute Gasteiger partial charge is 0.243 e. The second kappa shape index (κ2) is 8.08. The first-order valence-corrected chi connectivity index (χ1v) is 9.85. The van der Waals surface area contributed by atoms with Gasteiger partial charge < -0.3 is 21.1 Å². The number of rotatable bonds is 9. The quantitative estimate of drug-likeness (QED) is 0.370. The van der Waals surface area contributed by atoms with Crippen molar-refractivity contribution in [2.75, 3.05) is 23.8 Å².